The zero-order chi connectivity index (χ0) is 19.1. The molecular weight excluding hydrogens is 382 g/mol. The lowest BCUT2D eigenvalue weighted by atomic mass is 10.0. The van der Waals surface area contributed by atoms with Gasteiger partial charge >= 0.3 is 0 Å². The SMILES string of the molecule is O=C(CSC1CCCCC1)Nc1ccc(S(=O)(=O)Nc2ccccn2)cc1. The van der Waals surface area contributed by atoms with Crippen LogP contribution in [0, 0.1) is 0 Å². The lowest BCUT2D eigenvalue weighted by molar-refractivity contribution is -0.113. The van der Waals surface area contributed by atoms with Gasteiger partial charge in [-0.25, -0.2) is 13.4 Å². The van der Waals surface area contributed by atoms with Crippen molar-refractivity contribution < 1.29 is 13.2 Å². The molecule has 1 fully saturated rings. The lowest BCUT2D eigenvalue weighted by Gasteiger charge is -2.20. The van der Waals surface area contributed by atoms with Crippen LogP contribution in [0.15, 0.2) is 53.6 Å². The van der Waals surface area contributed by atoms with Gasteiger partial charge in [0.25, 0.3) is 10.0 Å². The van der Waals surface area contributed by atoms with E-state index in [4.69, 9.17) is 0 Å². The van der Waals surface area contributed by atoms with E-state index in [1.54, 1.807) is 42.1 Å². The minimum Gasteiger partial charge on any atom is -0.325 e. The Balaban J connectivity index is 1.54. The van der Waals surface area contributed by atoms with Crippen molar-refractivity contribution in [2.24, 2.45) is 0 Å². The first kappa shape index (κ1) is 19.7. The third-order valence-electron chi connectivity index (χ3n) is 4.35. The van der Waals surface area contributed by atoms with Crippen LogP contribution in [0.5, 0.6) is 0 Å². The van der Waals surface area contributed by atoms with E-state index in [2.05, 4.69) is 15.0 Å². The number of amides is 1. The van der Waals surface area contributed by atoms with Crippen molar-refractivity contribution in [3.63, 3.8) is 0 Å². The van der Waals surface area contributed by atoms with Gasteiger partial charge in [-0.15, -0.1) is 11.8 Å². The van der Waals surface area contributed by atoms with Gasteiger partial charge in [-0.2, -0.15) is 0 Å². The van der Waals surface area contributed by atoms with Crippen LogP contribution in [0.2, 0.25) is 0 Å². The van der Waals surface area contributed by atoms with Crippen molar-refractivity contribution in [1.29, 1.82) is 0 Å². The van der Waals surface area contributed by atoms with Crippen LogP contribution in [0.1, 0.15) is 32.1 Å². The number of benzene rings is 1. The normalized spacial score (nSPS) is 15.3. The molecule has 1 heterocycles. The van der Waals surface area contributed by atoms with Gasteiger partial charge in [-0.3, -0.25) is 9.52 Å². The Hall–Kier alpha value is -2.06. The number of thioether (sulfide) groups is 1. The van der Waals surface area contributed by atoms with Crippen molar-refractivity contribution in [2.45, 2.75) is 42.2 Å². The van der Waals surface area contributed by atoms with Crippen LogP contribution in [-0.2, 0) is 14.8 Å². The predicted octanol–water partition coefficient (Wildman–Crippen LogP) is 3.89. The molecule has 0 atom stereocenters. The van der Waals surface area contributed by atoms with Gasteiger partial charge in [-0.1, -0.05) is 25.3 Å². The Kier molecular flexibility index (Phi) is 6.73. The number of sulfonamides is 1. The molecule has 0 spiro atoms. The van der Waals surface area contributed by atoms with Gasteiger partial charge < -0.3 is 5.32 Å². The highest BCUT2D eigenvalue weighted by Crippen LogP contribution is 2.28. The molecule has 2 aromatic rings. The van der Waals surface area contributed by atoms with E-state index in [-0.39, 0.29) is 16.6 Å². The van der Waals surface area contributed by atoms with Crippen molar-refractivity contribution >= 4 is 39.2 Å². The standard InChI is InChI=1S/C19H23N3O3S2/c23-19(14-26-16-6-2-1-3-7-16)21-15-9-11-17(12-10-15)27(24,25)22-18-8-4-5-13-20-18/h4-5,8-13,16H,1-3,6-7,14H2,(H,20,22)(H,21,23). The molecule has 1 saturated carbocycles. The minimum absolute atomic E-state index is 0.0622. The van der Waals surface area contributed by atoms with E-state index in [9.17, 15) is 13.2 Å². The number of carbonyl (C=O) groups excluding carboxylic acids is 1. The predicted molar refractivity (Wildman–Crippen MR) is 109 cm³/mol. The molecule has 6 nitrogen and oxygen atoms in total. The first-order chi connectivity index (χ1) is 13.0. The van der Waals surface area contributed by atoms with Gasteiger partial charge in [0.2, 0.25) is 5.91 Å². The fourth-order valence-corrected chi connectivity index (χ4v) is 5.09. The summed E-state index contributed by atoms with van der Waals surface area (Å²) in [6.07, 6.45) is 7.70. The zero-order valence-electron chi connectivity index (χ0n) is 14.9. The average Bonchev–Trinajstić information content (AvgIpc) is 2.68. The summed E-state index contributed by atoms with van der Waals surface area (Å²) in [6.45, 7) is 0. The third-order valence-corrected chi connectivity index (χ3v) is 7.10. The van der Waals surface area contributed by atoms with Gasteiger partial charge in [-0.05, 0) is 49.2 Å². The van der Waals surface area contributed by atoms with Gasteiger partial charge in [0, 0.05) is 17.1 Å². The van der Waals surface area contributed by atoms with Crippen LogP contribution in [0.4, 0.5) is 11.5 Å². The maximum atomic E-state index is 12.4. The molecule has 27 heavy (non-hydrogen) atoms. The fourth-order valence-electron chi connectivity index (χ4n) is 2.96. The maximum Gasteiger partial charge on any atom is 0.263 e. The molecule has 0 radical (unpaired) electrons. The Labute approximate surface area is 164 Å². The molecule has 3 rings (SSSR count). The Morgan fingerprint density at radius 3 is 2.48 bits per heavy atom. The summed E-state index contributed by atoms with van der Waals surface area (Å²) in [5.74, 6) is 0.619. The highest BCUT2D eigenvalue weighted by Gasteiger charge is 2.16. The van der Waals surface area contributed by atoms with E-state index in [1.165, 1.54) is 50.4 Å². The number of hydrogen-bond acceptors (Lipinski definition) is 5. The second kappa shape index (κ2) is 9.23. The van der Waals surface area contributed by atoms with E-state index in [1.807, 2.05) is 0 Å². The number of pyridine rings is 1. The van der Waals surface area contributed by atoms with Gasteiger partial charge in [0.1, 0.15) is 5.82 Å². The third kappa shape index (κ3) is 5.97. The second-order valence-corrected chi connectivity index (χ2v) is 9.44. The molecule has 0 saturated heterocycles. The highest BCUT2D eigenvalue weighted by atomic mass is 32.2. The van der Waals surface area contributed by atoms with E-state index in [0.717, 1.165) is 0 Å². The van der Waals surface area contributed by atoms with Crippen LogP contribution in [-0.4, -0.2) is 30.3 Å². The summed E-state index contributed by atoms with van der Waals surface area (Å²) in [4.78, 5) is 16.2. The molecule has 1 aliphatic rings. The molecule has 0 unspecified atom stereocenters. The Bertz CT molecular complexity index is 850. The summed E-state index contributed by atoms with van der Waals surface area (Å²) < 4.78 is 27.2. The highest BCUT2D eigenvalue weighted by molar-refractivity contribution is 8.00. The van der Waals surface area contributed by atoms with Crippen molar-refractivity contribution in [2.75, 3.05) is 15.8 Å². The Morgan fingerprint density at radius 2 is 1.81 bits per heavy atom. The topological polar surface area (TPSA) is 88.2 Å². The van der Waals surface area contributed by atoms with Gasteiger partial charge in [0.15, 0.2) is 0 Å². The summed E-state index contributed by atoms with van der Waals surface area (Å²) in [5, 5.41) is 3.40. The number of rotatable bonds is 7. The molecule has 1 aromatic heterocycles. The number of aromatic nitrogens is 1. The molecular formula is C19H23N3O3S2. The number of carbonyl (C=O) groups is 1. The molecule has 1 aromatic carbocycles. The molecule has 0 bridgehead atoms. The number of hydrogen-bond donors (Lipinski definition) is 2. The average molecular weight is 406 g/mol. The van der Waals surface area contributed by atoms with E-state index >= 15 is 0 Å². The molecule has 144 valence electrons. The lowest BCUT2D eigenvalue weighted by Crippen LogP contribution is -2.18. The van der Waals surface area contributed by atoms with Gasteiger partial charge in [0.05, 0.1) is 10.6 Å². The van der Waals surface area contributed by atoms with E-state index in [0.29, 0.717) is 16.7 Å². The minimum atomic E-state index is -3.71. The van der Waals surface area contributed by atoms with E-state index < -0.39 is 10.0 Å². The van der Waals surface area contributed by atoms with Crippen molar-refractivity contribution in [3.8, 4) is 0 Å². The molecule has 2 N–H and O–H groups in total. The van der Waals surface area contributed by atoms with Crippen LogP contribution >= 0.6 is 11.8 Å². The molecule has 1 amide bonds. The number of nitrogens with one attached hydrogen (secondary N) is 2. The zero-order valence-corrected chi connectivity index (χ0v) is 16.6. The first-order valence-corrected chi connectivity index (χ1v) is 11.5. The fraction of sp³-hybridized carbons (Fsp3) is 0.368. The summed E-state index contributed by atoms with van der Waals surface area (Å²) in [6, 6.07) is 11.1. The number of nitrogens with zero attached hydrogens (tertiary/aromatic N) is 1. The maximum absolute atomic E-state index is 12.4. The van der Waals surface area contributed by atoms with Crippen molar-refractivity contribution in [1.82, 2.24) is 4.98 Å². The van der Waals surface area contributed by atoms with Crippen LogP contribution < -0.4 is 10.0 Å². The quantitative estimate of drug-likeness (QED) is 0.730. The largest absolute Gasteiger partial charge is 0.325 e. The second-order valence-electron chi connectivity index (χ2n) is 6.46. The smallest absolute Gasteiger partial charge is 0.263 e. The Morgan fingerprint density at radius 1 is 1.07 bits per heavy atom. The monoisotopic (exact) mass is 405 g/mol. The summed E-state index contributed by atoms with van der Waals surface area (Å²) in [5.41, 5.74) is 0.584. The molecule has 1 aliphatic carbocycles. The molecule has 0 aliphatic heterocycles. The van der Waals surface area contributed by atoms with Crippen LogP contribution in [0.25, 0.3) is 0 Å². The van der Waals surface area contributed by atoms with Crippen LogP contribution in [0.3, 0.4) is 0 Å². The summed E-state index contributed by atoms with van der Waals surface area (Å²) in [7, 11) is -3.71. The molecule has 8 heteroatoms. The first-order valence-electron chi connectivity index (χ1n) is 8.98. The number of anilines is 2. The summed E-state index contributed by atoms with van der Waals surface area (Å²) >= 11 is 1.71. The van der Waals surface area contributed by atoms with Crippen molar-refractivity contribution in [3.05, 3.63) is 48.7 Å².